The Kier molecular flexibility index (Phi) is 3.50. The molecule has 1 unspecified atom stereocenters. The van der Waals surface area contributed by atoms with E-state index in [2.05, 4.69) is 5.16 Å². The Morgan fingerprint density at radius 3 is 2.30 bits per heavy atom. The summed E-state index contributed by atoms with van der Waals surface area (Å²) in [6.45, 7) is 2.72. The molecule has 1 aromatic carbocycles. The van der Waals surface area contributed by atoms with E-state index in [0.717, 1.165) is 0 Å². The zero-order valence-electron chi connectivity index (χ0n) is 11.1. The van der Waals surface area contributed by atoms with Crippen LogP contribution in [-0.4, -0.2) is 34.3 Å². The predicted molar refractivity (Wildman–Crippen MR) is 71.7 cm³/mol. The second-order valence-corrected chi connectivity index (χ2v) is 4.75. The van der Waals surface area contributed by atoms with E-state index in [0.29, 0.717) is 11.1 Å². The van der Waals surface area contributed by atoms with Gasteiger partial charge in [-0.05, 0) is 31.9 Å². The molecule has 0 saturated heterocycles. The van der Waals surface area contributed by atoms with E-state index >= 15 is 0 Å². The number of nitrogens with two attached hydrogens (primary N) is 1. The topological polar surface area (TPSA) is 110 Å². The van der Waals surface area contributed by atoms with Crippen molar-refractivity contribution in [2.75, 3.05) is 0 Å². The van der Waals surface area contributed by atoms with Crippen LogP contribution in [0, 0.1) is 0 Å². The summed E-state index contributed by atoms with van der Waals surface area (Å²) in [6, 6.07) is 2.18. The Labute approximate surface area is 115 Å². The Balaban J connectivity index is 2.81. The first-order chi connectivity index (χ1) is 9.38. The van der Waals surface area contributed by atoms with Gasteiger partial charge >= 0.3 is 0 Å². The Morgan fingerprint density at radius 1 is 1.25 bits per heavy atom. The maximum Gasteiger partial charge on any atom is 0.213 e. The van der Waals surface area contributed by atoms with Gasteiger partial charge in [-0.3, -0.25) is 14.4 Å². The summed E-state index contributed by atoms with van der Waals surface area (Å²) in [5.41, 5.74) is 6.74. The third-order valence-corrected chi connectivity index (χ3v) is 3.41. The Morgan fingerprint density at radius 2 is 1.80 bits per heavy atom. The van der Waals surface area contributed by atoms with Crippen molar-refractivity contribution in [1.29, 1.82) is 0 Å². The van der Waals surface area contributed by atoms with E-state index in [1.165, 1.54) is 26.0 Å². The Bertz CT molecular complexity index is 661. The number of carbonyl (C=O) groups excluding carboxylic acids is 3. The van der Waals surface area contributed by atoms with Crippen molar-refractivity contribution in [3.8, 4) is 0 Å². The van der Waals surface area contributed by atoms with E-state index < -0.39 is 11.8 Å². The molecular weight excluding hydrogens is 260 g/mol. The van der Waals surface area contributed by atoms with Crippen LogP contribution in [0.2, 0.25) is 0 Å². The van der Waals surface area contributed by atoms with Crippen LogP contribution in [0.1, 0.15) is 50.5 Å². The van der Waals surface area contributed by atoms with Crippen LogP contribution in [0.25, 0.3) is 0 Å². The van der Waals surface area contributed by atoms with Crippen LogP contribution in [0.5, 0.6) is 0 Å². The molecular formula is C14H14N2O4. The molecule has 6 heteroatoms. The minimum absolute atomic E-state index is 0.125. The molecule has 1 aliphatic carbocycles. The number of hydrogen-bond acceptors (Lipinski definition) is 6. The van der Waals surface area contributed by atoms with E-state index in [-0.39, 0.29) is 34.8 Å². The summed E-state index contributed by atoms with van der Waals surface area (Å²) in [7, 11) is 0. The first kappa shape index (κ1) is 14.1. The first-order valence-corrected chi connectivity index (χ1v) is 6.08. The minimum Gasteiger partial charge on any atom is -0.410 e. The Hall–Kier alpha value is -2.34. The van der Waals surface area contributed by atoms with Gasteiger partial charge in [0.05, 0.1) is 6.04 Å². The zero-order chi connectivity index (χ0) is 15.0. The molecule has 0 aliphatic heterocycles. The lowest BCUT2D eigenvalue weighted by Crippen LogP contribution is -2.43. The van der Waals surface area contributed by atoms with Gasteiger partial charge in [-0.25, -0.2) is 0 Å². The number of rotatable bonds is 2. The van der Waals surface area contributed by atoms with Gasteiger partial charge in [0.1, 0.15) is 5.71 Å². The number of carbonyl (C=O) groups is 3. The average molecular weight is 274 g/mol. The first-order valence-electron chi connectivity index (χ1n) is 6.08. The highest BCUT2D eigenvalue weighted by Gasteiger charge is 2.35. The highest BCUT2D eigenvalue weighted by atomic mass is 16.4. The second kappa shape index (κ2) is 4.97. The van der Waals surface area contributed by atoms with Crippen LogP contribution in [0.15, 0.2) is 17.3 Å². The van der Waals surface area contributed by atoms with Gasteiger partial charge in [0.15, 0.2) is 11.6 Å². The molecule has 2 rings (SSSR count). The van der Waals surface area contributed by atoms with Crippen molar-refractivity contribution < 1.29 is 19.6 Å². The van der Waals surface area contributed by atoms with Gasteiger partial charge in [-0.1, -0.05) is 11.2 Å². The SMILES string of the molecule is CC(=O)c1ccc(C(C)=O)c2c1CC(N)C(=NO)C2=O. The van der Waals surface area contributed by atoms with E-state index in [1.807, 2.05) is 0 Å². The summed E-state index contributed by atoms with van der Waals surface area (Å²) in [4.78, 5) is 35.6. The monoisotopic (exact) mass is 274 g/mol. The van der Waals surface area contributed by atoms with Crippen molar-refractivity contribution in [1.82, 2.24) is 0 Å². The molecule has 0 saturated carbocycles. The molecule has 1 aromatic rings. The molecule has 104 valence electrons. The van der Waals surface area contributed by atoms with Gasteiger partial charge in [0, 0.05) is 16.7 Å². The largest absolute Gasteiger partial charge is 0.410 e. The maximum atomic E-state index is 12.3. The van der Waals surface area contributed by atoms with Crippen LogP contribution >= 0.6 is 0 Å². The summed E-state index contributed by atoms with van der Waals surface area (Å²) in [6.07, 6.45) is 0.177. The molecule has 1 aliphatic rings. The minimum atomic E-state index is -0.791. The normalized spacial score (nSPS) is 19.9. The predicted octanol–water partition coefficient (Wildman–Crippen LogP) is 0.988. The van der Waals surface area contributed by atoms with Crippen molar-refractivity contribution >= 4 is 23.1 Å². The lowest BCUT2D eigenvalue weighted by molar-refractivity contribution is 0.0989. The van der Waals surface area contributed by atoms with Gasteiger partial charge in [-0.15, -0.1) is 0 Å². The molecule has 3 N–H and O–H groups in total. The van der Waals surface area contributed by atoms with Crippen LogP contribution < -0.4 is 5.73 Å². The van der Waals surface area contributed by atoms with E-state index in [9.17, 15) is 14.4 Å². The fourth-order valence-electron chi connectivity index (χ4n) is 2.48. The van der Waals surface area contributed by atoms with Gasteiger partial charge in [0.2, 0.25) is 5.78 Å². The molecule has 0 aromatic heterocycles. The number of Topliss-reactive ketones (excluding diaryl/α,β-unsaturated/α-hetero) is 3. The zero-order valence-corrected chi connectivity index (χ0v) is 11.1. The number of oxime groups is 1. The third-order valence-electron chi connectivity index (χ3n) is 3.41. The molecule has 6 nitrogen and oxygen atoms in total. The van der Waals surface area contributed by atoms with Gasteiger partial charge in [-0.2, -0.15) is 0 Å². The summed E-state index contributed by atoms with van der Waals surface area (Å²) < 4.78 is 0. The van der Waals surface area contributed by atoms with Crippen molar-refractivity contribution in [3.05, 3.63) is 34.4 Å². The molecule has 0 radical (unpaired) electrons. The standard InChI is InChI=1S/C14H14N2O4/c1-6(17)8-3-4-9(7(2)18)12-10(8)5-11(15)13(16-20)14(12)19/h3-4,11,20H,5,15H2,1-2H3. The van der Waals surface area contributed by atoms with Crippen LogP contribution in [0.3, 0.4) is 0 Å². The number of benzene rings is 1. The fraction of sp³-hybridized carbons (Fsp3) is 0.286. The summed E-state index contributed by atoms with van der Waals surface area (Å²) >= 11 is 0. The molecule has 20 heavy (non-hydrogen) atoms. The average Bonchev–Trinajstić information content (AvgIpc) is 2.37. The second-order valence-electron chi connectivity index (χ2n) is 4.75. The van der Waals surface area contributed by atoms with Crippen LogP contribution in [-0.2, 0) is 6.42 Å². The van der Waals surface area contributed by atoms with Gasteiger partial charge < -0.3 is 10.9 Å². The molecule has 1 atom stereocenters. The maximum absolute atomic E-state index is 12.3. The molecule has 0 spiro atoms. The van der Waals surface area contributed by atoms with Crippen molar-refractivity contribution in [3.63, 3.8) is 0 Å². The highest BCUT2D eigenvalue weighted by molar-refractivity contribution is 6.50. The highest BCUT2D eigenvalue weighted by Crippen LogP contribution is 2.27. The van der Waals surface area contributed by atoms with Crippen molar-refractivity contribution in [2.45, 2.75) is 26.3 Å². The third kappa shape index (κ3) is 2.04. The molecule has 0 fully saturated rings. The van der Waals surface area contributed by atoms with E-state index in [4.69, 9.17) is 10.9 Å². The molecule has 0 bridgehead atoms. The van der Waals surface area contributed by atoms with Gasteiger partial charge in [0.25, 0.3) is 0 Å². The lowest BCUT2D eigenvalue weighted by atomic mass is 9.79. The molecule has 0 amide bonds. The summed E-state index contributed by atoms with van der Waals surface area (Å²) in [5, 5.41) is 11.8. The van der Waals surface area contributed by atoms with Crippen LogP contribution in [0.4, 0.5) is 0 Å². The van der Waals surface area contributed by atoms with E-state index in [1.54, 1.807) is 0 Å². The number of hydrogen-bond donors (Lipinski definition) is 2. The molecule has 0 heterocycles. The summed E-state index contributed by atoms with van der Waals surface area (Å²) in [5.74, 6) is -1.10. The van der Waals surface area contributed by atoms with Crippen molar-refractivity contribution in [2.24, 2.45) is 10.9 Å². The lowest BCUT2D eigenvalue weighted by Gasteiger charge is -2.24. The number of ketones is 3. The number of fused-ring (bicyclic) bond motifs is 1. The number of nitrogens with zero attached hydrogens (tertiary/aromatic N) is 1. The smallest absolute Gasteiger partial charge is 0.213 e. The fourth-order valence-corrected chi connectivity index (χ4v) is 2.48. The quantitative estimate of drug-likeness (QED) is 0.474.